The average molecular weight is 243 g/mol. The van der Waals surface area contributed by atoms with Gasteiger partial charge < -0.3 is 10.4 Å². The van der Waals surface area contributed by atoms with Crippen LogP contribution in [0.3, 0.4) is 0 Å². The number of rotatable bonds is 5. The van der Waals surface area contributed by atoms with E-state index in [4.69, 9.17) is 0 Å². The van der Waals surface area contributed by atoms with Gasteiger partial charge in [-0.25, -0.2) is 8.78 Å². The lowest BCUT2D eigenvalue weighted by molar-refractivity contribution is 0.0937. The number of aliphatic hydroxyl groups excluding tert-OH is 1. The van der Waals surface area contributed by atoms with E-state index in [1.54, 1.807) is 0 Å². The van der Waals surface area contributed by atoms with Gasteiger partial charge in [-0.05, 0) is 31.0 Å². The highest BCUT2D eigenvalue weighted by Gasteiger charge is 2.12. The molecule has 1 rings (SSSR count). The summed E-state index contributed by atoms with van der Waals surface area (Å²) in [5, 5.41) is 11.7. The van der Waals surface area contributed by atoms with Crippen LogP contribution in [0.2, 0.25) is 0 Å². The Balaban J connectivity index is 2.55. The summed E-state index contributed by atoms with van der Waals surface area (Å²) in [4.78, 5) is 11.5. The van der Waals surface area contributed by atoms with Crippen LogP contribution in [-0.4, -0.2) is 23.7 Å². The third-order valence-corrected chi connectivity index (χ3v) is 2.41. The van der Waals surface area contributed by atoms with E-state index < -0.39 is 23.6 Å². The molecule has 0 heterocycles. The maximum Gasteiger partial charge on any atom is 0.254 e. The highest BCUT2D eigenvalue weighted by molar-refractivity contribution is 5.94. The maximum atomic E-state index is 13.2. The molecule has 0 radical (unpaired) electrons. The van der Waals surface area contributed by atoms with E-state index in [-0.39, 0.29) is 12.1 Å². The van der Waals surface area contributed by atoms with Crippen LogP contribution in [0.15, 0.2) is 18.2 Å². The molecule has 94 valence electrons. The number of carbonyl (C=O) groups is 1. The molecule has 0 aliphatic heterocycles. The second kappa shape index (κ2) is 6.30. The topological polar surface area (TPSA) is 49.3 Å². The number of carbonyl (C=O) groups excluding carboxylic acids is 1. The molecule has 0 aromatic heterocycles. The summed E-state index contributed by atoms with van der Waals surface area (Å²) < 4.78 is 26.0. The SMILES string of the molecule is CCC(O)CCNC(=O)c1cc(F)ccc1F. The Morgan fingerprint density at radius 2 is 2.18 bits per heavy atom. The monoisotopic (exact) mass is 243 g/mol. The molecule has 0 aliphatic rings. The van der Waals surface area contributed by atoms with Gasteiger partial charge in [-0.3, -0.25) is 4.79 Å². The molecule has 1 unspecified atom stereocenters. The molecule has 1 aromatic rings. The first kappa shape index (κ1) is 13.6. The number of benzene rings is 1. The molecule has 1 amide bonds. The van der Waals surface area contributed by atoms with Crippen molar-refractivity contribution in [3.05, 3.63) is 35.4 Å². The van der Waals surface area contributed by atoms with E-state index >= 15 is 0 Å². The van der Waals surface area contributed by atoms with Crippen molar-refractivity contribution in [2.24, 2.45) is 0 Å². The summed E-state index contributed by atoms with van der Waals surface area (Å²) in [6.07, 6.45) is 0.483. The smallest absolute Gasteiger partial charge is 0.254 e. The van der Waals surface area contributed by atoms with Crippen LogP contribution in [-0.2, 0) is 0 Å². The standard InChI is InChI=1S/C12H15F2NO2/c1-2-9(16)5-6-15-12(17)10-7-8(13)3-4-11(10)14/h3-4,7,9,16H,2,5-6H2,1H3,(H,15,17). The second-order valence-corrected chi connectivity index (χ2v) is 3.73. The lowest BCUT2D eigenvalue weighted by Crippen LogP contribution is -2.27. The van der Waals surface area contributed by atoms with Crippen LogP contribution in [0.4, 0.5) is 8.78 Å². The first-order valence-electron chi connectivity index (χ1n) is 5.46. The summed E-state index contributed by atoms with van der Waals surface area (Å²) in [6, 6.07) is 2.71. The molecule has 3 nitrogen and oxygen atoms in total. The normalized spacial score (nSPS) is 12.2. The van der Waals surface area contributed by atoms with Crippen molar-refractivity contribution in [2.45, 2.75) is 25.9 Å². The van der Waals surface area contributed by atoms with Gasteiger partial charge in [-0.15, -0.1) is 0 Å². The van der Waals surface area contributed by atoms with Gasteiger partial charge in [0.25, 0.3) is 5.91 Å². The molecule has 0 saturated heterocycles. The Morgan fingerprint density at radius 1 is 1.47 bits per heavy atom. The minimum absolute atomic E-state index is 0.226. The third-order valence-electron chi connectivity index (χ3n) is 2.41. The number of aliphatic hydroxyl groups is 1. The molecule has 2 N–H and O–H groups in total. The van der Waals surface area contributed by atoms with Crippen molar-refractivity contribution < 1.29 is 18.7 Å². The molecule has 1 aromatic carbocycles. The van der Waals surface area contributed by atoms with Crippen LogP contribution < -0.4 is 5.32 Å². The minimum atomic E-state index is -0.764. The van der Waals surface area contributed by atoms with Gasteiger partial charge in [-0.2, -0.15) is 0 Å². The van der Waals surface area contributed by atoms with E-state index in [0.717, 1.165) is 18.2 Å². The van der Waals surface area contributed by atoms with Gasteiger partial charge in [0.05, 0.1) is 11.7 Å². The van der Waals surface area contributed by atoms with Crippen molar-refractivity contribution in [3.8, 4) is 0 Å². The zero-order chi connectivity index (χ0) is 12.8. The summed E-state index contributed by atoms with van der Waals surface area (Å²) >= 11 is 0. The fraction of sp³-hybridized carbons (Fsp3) is 0.417. The largest absolute Gasteiger partial charge is 0.393 e. The fourth-order valence-electron chi connectivity index (χ4n) is 1.32. The first-order chi connectivity index (χ1) is 8.04. The molecule has 0 bridgehead atoms. The Hall–Kier alpha value is -1.49. The number of amides is 1. The lowest BCUT2D eigenvalue weighted by atomic mass is 10.1. The third kappa shape index (κ3) is 4.11. The van der Waals surface area contributed by atoms with Gasteiger partial charge in [-0.1, -0.05) is 6.92 Å². The molecule has 1 atom stereocenters. The fourth-order valence-corrected chi connectivity index (χ4v) is 1.32. The van der Waals surface area contributed by atoms with Gasteiger partial charge in [0.15, 0.2) is 0 Å². The Labute approximate surface area is 98.5 Å². The average Bonchev–Trinajstić information content (AvgIpc) is 2.31. The van der Waals surface area contributed by atoms with Crippen molar-refractivity contribution >= 4 is 5.91 Å². The molecule has 0 saturated carbocycles. The maximum absolute atomic E-state index is 13.2. The van der Waals surface area contributed by atoms with E-state index in [2.05, 4.69) is 5.32 Å². The summed E-state index contributed by atoms with van der Waals surface area (Å²) in [5.41, 5.74) is -0.323. The van der Waals surface area contributed by atoms with E-state index in [1.807, 2.05) is 6.92 Å². The van der Waals surface area contributed by atoms with Crippen LogP contribution in [0, 0.1) is 11.6 Å². The van der Waals surface area contributed by atoms with E-state index in [1.165, 1.54) is 0 Å². The molecular weight excluding hydrogens is 228 g/mol. The Morgan fingerprint density at radius 3 is 2.82 bits per heavy atom. The predicted octanol–water partition coefficient (Wildman–Crippen LogP) is 1.86. The molecule has 17 heavy (non-hydrogen) atoms. The zero-order valence-corrected chi connectivity index (χ0v) is 9.54. The van der Waals surface area contributed by atoms with Gasteiger partial charge in [0.2, 0.25) is 0 Å². The first-order valence-corrected chi connectivity index (χ1v) is 5.46. The molecular formula is C12H15F2NO2. The van der Waals surface area contributed by atoms with Crippen molar-refractivity contribution in [1.29, 1.82) is 0 Å². The zero-order valence-electron chi connectivity index (χ0n) is 9.54. The molecule has 0 aliphatic carbocycles. The molecule has 5 heteroatoms. The summed E-state index contributed by atoms with van der Waals surface area (Å²) in [7, 11) is 0. The van der Waals surface area contributed by atoms with E-state index in [0.29, 0.717) is 12.8 Å². The van der Waals surface area contributed by atoms with Crippen LogP contribution in [0.25, 0.3) is 0 Å². The molecule has 0 spiro atoms. The quantitative estimate of drug-likeness (QED) is 0.829. The number of halogens is 2. The Bertz CT molecular complexity index is 396. The van der Waals surface area contributed by atoms with Crippen molar-refractivity contribution in [3.63, 3.8) is 0 Å². The summed E-state index contributed by atoms with van der Waals surface area (Å²) in [5.74, 6) is -2.10. The summed E-state index contributed by atoms with van der Waals surface area (Å²) in [6.45, 7) is 2.04. The van der Waals surface area contributed by atoms with Gasteiger partial charge in [0.1, 0.15) is 11.6 Å². The highest BCUT2D eigenvalue weighted by Crippen LogP contribution is 2.09. The minimum Gasteiger partial charge on any atom is -0.393 e. The lowest BCUT2D eigenvalue weighted by Gasteiger charge is -2.09. The molecule has 0 fully saturated rings. The second-order valence-electron chi connectivity index (χ2n) is 3.73. The van der Waals surface area contributed by atoms with Crippen molar-refractivity contribution in [2.75, 3.05) is 6.54 Å². The van der Waals surface area contributed by atoms with Crippen molar-refractivity contribution in [1.82, 2.24) is 5.32 Å². The van der Waals surface area contributed by atoms with E-state index in [9.17, 15) is 18.7 Å². The van der Waals surface area contributed by atoms with Gasteiger partial charge in [0, 0.05) is 6.54 Å². The Kier molecular flexibility index (Phi) is 5.03. The number of hydrogen-bond donors (Lipinski definition) is 2. The van der Waals surface area contributed by atoms with Crippen LogP contribution in [0.1, 0.15) is 30.1 Å². The highest BCUT2D eigenvalue weighted by atomic mass is 19.1. The predicted molar refractivity (Wildman–Crippen MR) is 59.6 cm³/mol. The van der Waals surface area contributed by atoms with Gasteiger partial charge >= 0.3 is 0 Å². The number of nitrogens with one attached hydrogen (secondary N) is 1. The van der Waals surface area contributed by atoms with Crippen LogP contribution in [0.5, 0.6) is 0 Å². The van der Waals surface area contributed by atoms with Crippen LogP contribution >= 0.6 is 0 Å². The number of hydrogen-bond acceptors (Lipinski definition) is 2.